The van der Waals surface area contributed by atoms with Gasteiger partial charge in [0.1, 0.15) is 5.60 Å². The van der Waals surface area contributed by atoms with Crippen LogP contribution in [0.4, 0.5) is 0 Å². The smallest absolute Gasteiger partial charge is 0.303 e. The van der Waals surface area contributed by atoms with Crippen LogP contribution in [0, 0.1) is 0 Å². The van der Waals surface area contributed by atoms with E-state index in [-0.39, 0.29) is 18.6 Å². The van der Waals surface area contributed by atoms with Crippen molar-refractivity contribution in [3.8, 4) is 0 Å². The second-order valence-corrected chi connectivity index (χ2v) is 8.30. The molecule has 0 bridgehead atoms. The molecular weight excluding hydrogens is 376 g/mol. The number of allylic oxidation sites excluding steroid dienone is 1. The second-order valence-electron chi connectivity index (χ2n) is 8.30. The fourth-order valence-corrected chi connectivity index (χ4v) is 3.61. The van der Waals surface area contributed by atoms with E-state index in [9.17, 15) is 14.7 Å². The zero-order valence-corrected chi connectivity index (χ0v) is 18.7. The molecule has 4 heteroatoms. The van der Waals surface area contributed by atoms with Gasteiger partial charge in [0.25, 0.3) is 0 Å². The van der Waals surface area contributed by atoms with E-state index in [2.05, 4.69) is 13.0 Å². The Morgan fingerprint density at radius 1 is 0.900 bits per heavy atom. The first-order chi connectivity index (χ1) is 14.5. The molecule has 1 aromatic carbocycles. The molecule has 30 heavy (non-hydrogen) atoms. The molecule has 0 aliphatic rings. The first-order valence-corrected chi connectivity index (χ1v) is 11.6. The summed E-state index contributed by atoms with van der Waals surface area (Å²) in [6.45, 7) is 2.15. The van der Waals surface area contributed by atoms with E-state index in [1.54, 1.807) is 0 Å². The van der Waals surface area contributed by atoms with Crippen LogP contribution in [-0.4, -0.2) is 27.6 Å². The Morgan fingerprint density at radius 3 is 2.27 bits per heavy atom. The summed E-state index contributed by atoms with van der Waals surface area (Å²) in [5.74, 6) is -0.810. The van der Waals surface area contributed by atoms with Gasteiger partial charge in [-0.25, -0.2) is 0 Å². The highest BCUT2D eigenvalue weighted by atomic mass is 16.4. The molecule has 1 rings (SSSR count). The molecule has 1 aromatic rings. The Hall–Kier alpha value is -1.94. The molecule has 1 atom stereocenters. The highest BCUT2D eigenvalue weighted by Crippen LogP contribution is 2.24. The van der Waals surface area contributed by atoms with Gasteiger partial charge < -0.3 is 10.2 Å². The topological polar surface area (TPSA) is 74.6 Å². The van der Waals surface area contributed by atoms with Crippen LogP contribution in [0.5, 0.6) is 0 Å². The number of ketones is 1. The van der Waals surface area contributed by atoms with E-state index >= 15 is 0 Å². The molecular formula is C26H40O4. The summed E-state index contributed by atoms with van der Waals surface area (Å²) in [4.78, 5) is 23.4. The number of hydrogen-bond acceptors (Lipinski definition) is 3. The van der Waals surface area contributed by atoms with Crippen molar-refractivity contribution in [2.24, 2.45) is 0 Å². The SMILES string of the molecule is CCCCCCC(O)(C/C=C\CCCCCCCC(=O)O)C(=O)Cc1ccccc1. The van der Waals surface area contributed by atoms with Gasteiger partial charge in [-0.05, 0) is 31.2 Å². The molecule has 0 saturated heterocycles. The Labute approximate surface area is 182 Å². The summed E-state index contributed by atoms with van der Waals surface area (Å²) in [6.07, 6.45) is 15.5. The van der Waals surface area contributed by atoms with Crippen LogP contribution in [0.25, 0.3) is 0 Å². The molecule has 168 valence electrons. The fraction of sp³-hybridized carbons (Fsp3) is 0.615. The van der Waals surface area contributed by atoms with E-state index in [4.69, 9.17) is 5.11 Å². The molecule has 0 amide bonds. The lowest BCUT2D eigenvalue weighted by Gasteiger charge is -2.26. The minimum absolute atomic E-state index is 0.0896. The molecule has 1 unspecified atom stereocenters. The monoisotopic (exact) mass is 416 g/mol. The van der Waals surface area contributed by atoms with E-state index in [1.165, 1.54) is 0 Å². The molecule has 4 nitrogen and oxygen atoms in total. The van der Waals surface area contributed by atoms with E-state index in [1.807, 2.05) is 36.4 Å². The second kappa shape index (κ2) is 15.8. The van der Waals surface area contributed by atoms with Crippen molar-refractivity contribution in [2.45, 2.75) is 102 Å². The number of Topliss-reactive ketones (excluding diaryl/α,β-unsaturated/α-hetero) is 1. The number of aliphatic hydroxyl groups is 1. The van der Waals surface area contributed by atoms with Crippen LogP contribution in [-0.2, 0) is 16.0 Å². The molecule has 0 aliphatic heterocycles. The maximum atomic E-state index is 12.9. The summed E-state index contributed by atoms with van der Waals surface area (Å²) in [7, 11) is 0. The molecule has 0 aliphatic carbocycles. The lowest BCUT2D eigenvalue weighted by molar-refractivity contribution is -0.137. The summed E-state index contributed by atoms with van der Waals surface area (Å²) < 4.78 is 0. The minimum atomic E-state index is -1.28. The maximum Gasteiger partial charge on any atom is 0.303 e. The van der Waals surface area contributed by atoms with Gasteiger partial charge in [0, 0.05) is 19.3 Å². The van der Waals surface area contributed by atoms with Gasteiger partial charge >= 0.3 is 5.97 Å². The van der Waals surface area contributed by atoms with Crippen molar-refractivity contribution in [1.82, 2.24) is 0 Å². The number of benzene rings is 1. The van der Waals surface area contributed by atoms with Crippen molar-refractivity contribution in [2.75, 3.05) is 0 Å². The van der Waals surface area contributed by atoms with Crippen molar-refractivity contribution in [1.29, 1.82) is 0 Å². The molecule has 0 aromatic heterocycles. The van der Waals surface area contributed by atoms with Gasteiger partial charge in [0.15, 0.2) is 5.78 Å². The quantitative estimate of drug-likeness (QED) is 0.219. The van der Waals surface area contributed by atoms with Crippen molar-refractivity contribution in [3.63, 3.8) is 0 Å². The van der Waals surface area contributed by atoms with E-state index in [0.29, 0.717) is 12.8 Å². The molecule has 0 saturated carbocycles. The van der Waals surface area contributed by atoms with E-state index < -0.39 is 11.6 Å². The minimum Gasteiger partial charge on any atom is -0.481 e. The summed E-state index contributed by atoms with van der Waals surface area (Å²) >= 11 is 0. The van der Waals surface area contributed by atoms with E-state index in [0.717, 1.165) is 69.8 Å². The molecule has 0 radical (unpaired) electrons. The Morgan fingerprint density at radius 2 is 1.57 bits per heavy atom. The molecule has 0 heterocycles. The predicted molar refractivity (Wildman–Crippen MR) is 123 cm³/mol. The Bertz CT molecular complexity index is 623. The number of carbonyl (C=O) groups excluding carboxylic acids is 1. The van der Waals surface area contributed by atoms with Crippen molar-refractivity contribution >= 4 is 11.8 Å². The number of hydrogen-bond donors (Lipinski definition) is 2. The standard InChI is InChI=1S/C26H40O4/c1-2-3-4-15-20-26(30,24(27)22-23-17-12-11-13-18-23)21-16-10-8-6-5-7-9-14-19-25(28)29/h10-13,16-18,30H,2-9,14-15,19-22H2,1H3,(H,28,29)/b16-10-. The third-order valence-electron chi connectivity index (χ3n) is 5.55. The zero-order chi connectivity index (χ0) is 22.1. The average Bonchev–Trinajstić information content (AvgIpc) is 2.73. The third-order valence-corrected chi connectivity index (χ3v) is 5.55. The number of rotatable bonds is 18. The lowest BCUT2D eigenvalue weighted by atomic mass is 9.85. The van der Waals surface area contributed by atoms with Crippen LogP contribution in [0.3, 0.4) is 0 Å². The number of unbranched alkanes of at least 4 members (excludes halogenated alkanes) is 8. The number of carbonyl (C=O) groups is 2. The summed E-state index contributed by atoms with van der Waals surface area (Å²) in [5.41, 5.74) is -0.335. The summed E-state index contributed by atoms with van der Waals surface area (Å²) in [5, 5.41) is 19.8. The van der Waals surface area contributed by atoms with Crippen LogP contribution < -0.4 is 0 Å². The molecule has 2 N–H and O–H groups in total. The first-order valence-electron chi connectivity index (χ1n) is 11.6. The highest BCUT2D eigenvalue weighted by molar-refractivity contribution is 5.89. The lowest BCUT2D eigenvalue weighted by Crippen LogP contribution is -2.39. The number of aliphatic carboxylic acids is 1. The van der Waals surface area contributed by atoms with Crippen molar-refractivity contribution < 1.29 is 19.8 Å². The zero-order valence-electron chi connectivity index (χ0n) is 18.7. The van der Waals surface area contributed by atoms with Gasteiger partial charge in [-0.2, -0.15) is 0 Å². The molecule has 0 spiro atoms. The van der Waals surface area contributed by atoms with Gasteiger partial charge in [-0.1, -0.05) is 94.4 Å². The average molecular weight is 417 g/mol. The largest absolute Gasteiger partial charge is 0.481 e. The predicted octanol–water partition coefficient (Wildman–Crippen LogP) is 6.26. The van der Waals surface area contributed by atoms with Crippen LogP contribution in [0.1, 0.15) is 96.0 Å². The summed E-state index contributed by atoms with van der Waals surface area (Å²) in [6, 6.07) is 9.64. The van der Waals surface area contributed by atoms with Crippen LogP contribution in [0.2, 0.25) is 0 Å². The maximum absolute atomic E-state index is 12.9. The Balaban J connectivity index is 2.43. The third kappa shape index (κ3) is 11.9. The van der Waals surface area contributed by atoms with Gasteiger partial charge in [0.2, 0.25) is 0 Å². The number of carboxylic acid groups (broad SMARTS) is 1. The van der Waals surface area contributed by atoms with Gasteiger partial charge in [0.05, 0.1) is 0 Å². The first kappa shape index (κ1) is 26.1. The van der Waals surface area contributed by atoms with Crippen LogP contribution >= 0.6 is 0 Å². The van der Waals surface area contributed by atoms with Crippen LogP contribution in [0.15, 0.2) is 42.5 Å². The van der Waals surface area contributed by atoms with Gasteiger partial charge in [-0.3, -0.25) is 9.59 Å². The number of carboxylic acids is 1. The Kier molecular flexibility index (Phi) is 13.8. The fourth-order valence-electron chi connectivity index (χ4n) is 3.61. The molecule has 0 fully saturated rings. The normalized spacial score (nSPS) is 13.4. The van der Waals surface area contributed by atoms with Crippen molar-refractivity contribution in [3.05, 3.63) is 48.0 Å². The highest BCUT2D eigenvalue weighted by Gasteiger charge is 2.33. The van der Waals surface area contributed by atoms with Gasteiger partial charge in [-0.15, -0.1) is 0 Å².